The van der Waals surface area contributed by atoms with Crippen LogP contribution in [-0.2, 0) is 9.59 Å². The van der Waals surface area contributed by atoms with E-state index >= 15 is 0 Å². The molecule has 2 amide bonds. The average Bonchev–Trinajstić information content (AvgIpc) is 2.33. The molecule has 0 aromatic heterocycles. The Bertz CT molecular complexity index is 488. The Morgan fingerprint density at radius 2 is 2.05 bits per heavy atom. The molecule has 0 spiro atoms. The van der Waals surface area contributed by atoms with Crippen molar-refractivity contribution in [2.75, 3.05) is 24.6 Å². The van der Waals surface area contributed by atoms with Gasteiger partial charge in [-0.05, 0) is 38.6 Å². The van der Waals surface area contributed by atoms with Crippen LogP contribution < -0.4 is 16.8 Å². The molecule has 1 aromatic rings. The molecule has 1 unspecified atom stereocenters. The van der Waals surface area contributed by atoms with Gasteiger partial charge in [-0.15, -0.1) is 0 Å². The molecule has 5 N–H and O–H groups in total. The molecule has 1 rings (SSSR count). The van der Waals surface area contributed by atoms with Crippen LogP contribution in [0, 0.1) is 6.92 Å². The first-order valence-electron chi connectivity index (χ1n) is 5.97. The average molecular weight is 264 g/mol. The molecule has 0 fully saturated rings. The summed E-state index contributed by atoms with van der Waals surface area (Å²) in [5.74, 6) is -0.681. The Hall–Kier alpha value is -2.08. The van der Waals surface area contributed by atoms with Crippen molar-refractivity contribution in [2.45, 2.75) is 19.9 Å². The Morgan fingerprint density at radius 3 is 2.63 bits per heavy atom. The van der Waals surface area contributed by atoms with Gasteiger partial charge in [0, 0.05) is 11.4 Å². The van der Waals surface area contributed by atoms with Crippen LogP contribution >= 0.6 is 0 Å². The summed E-state index contributed by atoms with van der Waals surface area (Å²) in [6.45, 7) is 3.58. The number of hydrogen-bond acceptors (Lipinski definition) is 4. The topological polar surface area (TPSA) is 101 Å². The lowest BCUT2D eigenvalue weighted by Gasteiger charge is -2.22. The van der Waals surface area contributed by atoms with Crippen molar-refractivity contribution < 1.29 is 9.59 Å². The number of hydrogen-bond donors (Lipinski definition) is 3. The van der Waals surface area contributed by atoms with Gasteiger partial charge in [0.05, 0.1) is 12.6 Å². The normalized spacial score (nSPS) is 12.2. The number of nitrogens with two attached hydrogens (primary N) is 2. The van der Waals surface area contributed by atoms with E-state index in [9.17, 15) is 9.59 Å². The van der Waals surface area contributed by atoms with Crippen LogP contribution in [0.2, 0.25) is 0 Å². The molecule has 0 bridgehead atoms. The molecule has 104 valence electrons. The van der Waals surface area contributed by atoms with Gasteiger partial charge in [-0.2, -0.15) is 0 Å². The van der Waals surface area contributed by atoms with Gasteiger partial charge >= 0.3 is 0 Å². The van der Waals surface area contributed by atoms with Crippen LogP contribution in [0.25, 0.3) is 0 Å². The van der Waals surface area contributed by atoms with Crippen LogP contribution in [0.1, 0.15) is 12.5 Å². The van der Waals surface area contributed by atoms with E-state index in [2.05, 4.69) is 5.32 Å². The highest BCUT2D eigenvalue weighted by Crippen LogP contribution is 2.20. The number of anilines is 2. The summed E-state index contributed by atoms with van der Waals surface area (Å²) in [6.07, 6.45) is 0. The molecule has 6 heteroatoms. The summed E-state index contributed by atoms with van der Waals surface area (Å²) in [5, 5.41) is 2.79. The number of primary amides is 1. The largest absolute Gasteiger partial charge is 0.398 e. The van der Waals surface area contributed by atoms with Crippen LogP contribution in [0.4, 0.5) is 11.4 Å². The molecule has 1 aromatic carbocycles. The first-order chi connectivity index (χ1) is 8.82. The maximum Gasteiger partial charge on any atom is 0.241 e. The molecule has 6 nitrogen and oxygen atoms in total. The standard InChI is InChI=1S/C13H20N4O2/c1-8-10(14)5-4-6-11(8)16-13(19)9(2)17(3)7-12(15)18/h4-6,9H,7,14H2,1-3H3,(H2,15,18)(H,16,19). The van der Waals surface area contributed by atoms with Crippen LogP contribution in [0.15, 0.2) is 18.2 Å². The molecule has 0 saturated carbocycles. The third kappa shape index (κ3) is 3.96. The minimum atomic E-state index is -0.470. The molecular weight excluding hydrogens is 244 g/mol. The summed E-state index contributed by atoms with van der Waals surface area (Å²) in [5.41, 5.74) is 13.0. The van der Waals surface area contributed by atoms with Crippen molar-refractivity contribution in [1.29, 1.82) is 0 Å². The van der Waals surface area contributed by atoms with E-state index in [-0.39, 0.29) is 12.5 Å². The van der Waals surface area contributed by atoms with Gasteiger partial charge in [-0.3, -0.25) is 14.5 Å². The molecule has 0 saturated heterocycles. The zero-order chi connectivity index (χ0) is 14.6. The first-order valence-corrected chi connectivity index (χ1v) is 5.97. The second-order valence-electron chi connectivity index (χ2n) is 4.57. The van der Waals surface area contributed by atoms with Gasteiger partial charge in [0.15, 0.2) is 0 Å². The third-order valence-corrected chi connectivity index (χ3v) is 3.08. The maximum atomic E-state index is 12.1. The Kier molecular flexibility index (Phi) is 4.88. The Balaban J connectivity index is 2.74. The molecule has 0 heterocycles. The number of nitrogens with one attached hydrogen (secondary N) is 1. The van der Waals surface area contributed by atoms with Crippen molar-refractivity contribution in [2.24, 2.45) is 5.73 Å². The highest BCUT2D eigenvalue weighted by molar-refractivity contribution is 5.96. The SMILES string of the molecule is Cc1c(N)cccc1NC(=O)C(C)N(C)CC(N)=O. The van der Waals surface area contributed by atoms with Crippen molar-refractivity contribution in [3.05, 3.63) is 23.8 Å². The molecule has 0 aliphatic heterocycles. The highest BCUT2D eigenvalue weighted by Gasteiger charge is 2.19. The lowest BCUT2D eigenvalue weighted by molar-refractivity contribution is -0.123. The number of rotatable bonds is 5. The van der Waals surface area contributed by atoms with E-state index in [1.807, 2.05) is 6.92 Å². The van der Waals surface area contributed by atoms with Gasteiger partial charge in [-0.25, -0.2) is 0 Å². The van der Waals surface area contributed by atoms with Crippen LogP contribution in [-0.4, -0.2) is 36.3 Å². The highest BCUT2D eigenvalue weighted by atomic mass is 16.2. The fourth-order valence-corrected chi connectivity index (χ4v) is 1.61. The minimum absolute atomic E-state index is 0.0322. The summed E-state index contributed by atoms with van der Waals surface area (Å²) in [4.78, 5) is 24.5. The maximum absolute atomic E-state index is 12.1. The quantitative estimate of drug-likeness (QED) is 0.667. The van der Waals surface area contributed by atoms with Gasteiger partial charge in [0.1, 0.15) is 0 Å². The number of benzene rings is 1. The molecule has 19 heavy (non-hydrogen) atoms. The van der Waals surface area contributed by atoms with E-state index in [1.54, 1.807) is 37.1 Å². The Labute approximate surface area is 112 Å². The van der Waals surface area contributed by atoms with Gasteiger partial charge in [-0.1, -0.05) is 6.07 Å². The van der Waals surface area contributed by atoms with Gasteiger partial charge < -0.3 is 16.8 Å². The minimum Gasteiger partial charge on any atom is -0.398 e. The van der Waals surface area contributed by atoms with Crippen LogP contribution in [0.3, 0.4) is 0 Å². The smallest absolute Gasteiger partial charge is 0.241 e. The van der Waals surface area contributed by atoms with E-state index < -0.39 is 11.9 Å². The van der Waals surface area contributed by atoms with Crippen molar-refractivity contribution >= 4 is 23.2 Å². The number of carbonyl (C=O) groups excluding carboxylic acids is 2. The van der Waals surface area contributed by atoms with Crippen molar-refractivity contribution in [3.63, 3.8) is 0 Å². The van der Waals surface area contributed by atoms with Crippen molar-refractivity contribution in [1.82, 2.24) is 4.90 Å². The van der Waals surface area contributed by atoms with E-state index in [0.29, 0.717) is 11.4 Å². The number of likely N-dealkylation sites (N-methyl/N-ethyl adjacent to an activating group) is 1. The van der Waals surface area contributed by atoms with E-state index in [4.69, 9.17) is 11.5 Å². The number of carbonyl (C=O) groups is 2. The fourth-order valence-electron chi connectivity index (χ4n) is 1.61. The zero-order valence-electron chi connectivity index (χ0n) is 11.4. The third-order valence-electron chi connectivity index (χ3n) is 3.08. The number of nitrogen functional groups attached to an aromatic ring is 1. The van der Waals surface area contributed by atoms with E-state index in [1.165, 1.54) is 0 Å². The molecule has 0 aliphatic carbocycles. The van der Waals surface area contributed by atoms with Gasteiger partial charge in [0.25, 0.3) is 0 Å². The Morgan fingerprint density at radius 1 is 1.42 bits per heavy atom. The monoisotopic (exact) mass is 264 g/mol. The fraction of sp³-hybridized carbons (Fsp3) is 0.385. The lowest BCUT2D eigenvalue weighted by Crippen LogP contribution is -2.43. The lowest BCUT2D eigenvalue weighted by atomic mass is 10.1. The first kappa shape index (κ1) is 15.0. The molecular formula is C13H20N4O2. The van der Waals surface area contributed by atoms with Crippen molar-refractivity contribution in [3.8, 4) is 0 Å². The van der Waals surface area contributed by atoms with Gasteiger partial charge in [0.2, 0.25) is 11.8 Å². The number of nitrogens with zero attached hydrogens (tertiary/aromatic N) is 1. The predicted molar refractivity (Wildman–Crippen MR) is 75.5 cm³/mol. The second-order valence-corrected chi connectivity index (χ2v) is 4.57. The molecule has 0 aliphatic rings. The summed E-state index contributed by atoms with van der Waals surface area (Å²) in [7, 11) is 1.67. The zero-order valence-corrected chi connectivity index (χ0v) is 11.4. The molecule has 1 atom stereocenters. The van der Waals surface area contributed by atoms with Crippen LogP contribution in [0.5, 0.6) is 0 Å². The second kappa shape index (κ2) is 6.19. The van der Waals surface area contributed by atoms with E-state index in [0.717, 1.165) is 5.56 Å². The predicted octanol–water partition coefficient (Wildman–Crippen LogP) is 0.321. The summed E-state index contributed by atoms with van der Waals surface area (Å²) < 4.78 is 0. The summed E-state index contributed by atoms with van der Waals surface area (Å²) in [6, 6.07) is 4.86. The molecule has 0 radical (unpaired) electrons. The summed E-state index contributed by atoms with van der Waals surface area (Å²) >= 11 is 0. The number of amides is 2.